The number of rotatable bonds is 3. The van der Waals surface area contributed by atoms with E-state index in [0.29, 0.717) is 17.6 Å². The van der Waals surface area contributed by atoms with Crippen molar-refractivity contribution in [2.24, 2.45) is 23.7 Å². The molecule has 1 N–H and O–H groups in total. The van der Waals surface area contributed by atoms with Crippen LogP contribution < -0.4 is 0 Å². The summed E-state index contributed by atoms with van der Waals surface area (Å²) in [5.41, 5.74) is 0. The highest BCUT2D eigenvalue weighted by molar-refractivity contribution is 5.71. The number of aliphatic carboxylic acids is 1. The number of carbonyl (C=O) groups is 1. The Morgan fingerprint density at radius 3 is 2.24 bits per heavy atom. The van der Waals surface area contributed by atoms with E-state index in [1.807, 2.05) is 0 Å². The van der Waals surface area contributed by atoms with Crippen molar-refractivity contribution in [2.75, 3.05) is 7.11 Å². The Labute approximate surface area is 102 Å². The van der Waals surface area contributed by atoms with Crippen LogP contribution in [0, 0.1) is 23.7 Å². The molecule has 0 saturated heterocycles. The minimum atomic E-state index is -0.707. The van der Waals surface area contributed by atoms with Crippen molar-refractivity contribution in [3.05, 3.63) is 24.5 Å². The van der Waals surface area contributed by atoms with Crippen LogP contribution in [0.2, 0.25) is 0 Å². The van der Waals surface area contributed by atoms with E-state index < -0.39 is 5.97 Å². The Morgan fingerprint density at radius 2 is 1.76 bits per heavy atom. The predicted molar refractivity (Wildman–Crippen MR) is 65.4 cm³/mol. The molecular formula is C14H20O3. The average molecular weight is 236 g/mol. The smallest absolute Gasteiger partial charge is 0.307 e. The predicted octanol–water partition coefficient (Wildman–Crippen LogP) is 2.84. The van der Waals surface area contributed by atoms with Gasteiger partial charge >= 0.3 is 5.97 Å². The van der Waals surface area contributed by atoms with Crippen LogP contribution in [0.15, 0.2) is 24.5 Å². The van der Waals surface area contributed by atoms with Gasteiger partial charge in [0.2, 0.25) is 0 Å². The standard InChI is InChI=1S/C14H20O3/c1-9(17-2)12-7-10-5-3-4-6-11(10)8-13(12)14(15)16/h3-4,10-13H,1,5-8H2,2H3,(H,15,16). The molecule has 94 valence electrons. The summed E-state index contributed by atoms with van der Waals surface area (Å²) in [5.74, 6) is 0.710. The van der Waals surface area contributed by atoms with Gasteiger partial charge in [-0.15, -0.1) is 0 Å². The number of carboxylic acid groups (broad SMARTS) is 1. The summed E-state index contributed by atoms with van der Waals surface area (Å²) >= 11 is 0. The first-order chi connectivity index (χ1) is 8.13. The molecule has 4 unspecified atom stereocenters. The van der Waals surface area contributed by atoms with Gasteiger partial charge in [0, 0.05) is 5.92 Å². The highest BCUT2D eigenvalue weighted by Crippen LogP contribution is 2.45. The third kappa shape index (κ3) is 2.38. The topological polar surface area (TPSA) is 46.5 Å². The molecular weight excluding hydrogens is 216 g/mol. The van der Waals surface area contributed by atoms with Gasteiger partial charge in [-0.2, -0.15) is 0 Å². The van der Waals surface area contributed by atoms with Crippen LogP contribution in [0.4, 0.5) is 0 Å². The number of hydrogen-bond donors (Lipinski definition) is 1. The molecule has 0 aromatic rings. The van der Waals surface area contributed by atoms with E-state index >= 15 is 0 Å². The van der Waals surface area contributed by atoms with E-state index in [0.717, 1.165) is 25.7 Å². The first-order valence-corrected chi connectivity index (χ1v) is 6.24. The van der Waals surface area contributed by atoms with Crippen LogP contribution in [0.1, 0.15) is 25.7 Å². The monoisotopic (exact) mass is 236 g/mol. The number of carboxylic acids is 1. The zero-order valence-electron chi connectivity index (χ0n) is 10.3. The molecule has 0 radical (unpaired) electrons. The molecule has 0 bridgehead atoms. The van der Waals surface area contributed by atoms with Gasteiger partial charge in [-0.1, -0.05) is 18.7 Å². The van der Waals surface area contributed by atoms with E-state index in [-0.39, 0.29) is 11.8 Å². The lowest BCUT2D eigenvalue weighted by Gasteiger charge is -2.41. The Kier molecular flexibility index (Phi) is 3.55. The molecule has 2 rings (SSSR count). The minimum absolute atomic E-state index is 0.0229. The van der Waals surface area contributed by atoms with Crippen molar-refractivity contribution in [1.82, 2.24) is 0 Å². The minimum Gasteiger partial charge on any atom is -0.501 e. The zero-order valence-corrected chi connectivity index (χ0v) is 10.3. The summed E-state index contributed by atoms with van der Waals surface area (Å²) < 4.78 is 5.17. The molecule has 1 saturated carbocycles. The molecule has 0 heterocycles. The normalized spacial score (nSPS) is 36.1. The number of fused-ring (bicyclic) bond motifs is 1. The summed E-state index contributed by atoms with van der Waals surface area (Å²) in [6, 6.07) is 0. The highest BCUT2D eigenvalue weighted by Gasteiger charge is 2.42. The maximum absolute atomic E-state index is 11.3. The molecule has 3 heteroatoms. The van der Waals surface area contributed by atoms with E-state index in [4.69, 9.17) is 4.74 Å². The maximum Gasteiger partial charge on any atom is 0.307 e. The first kappa shape index (κ1) is 12.2. The summed E-state index contributed by atoms with van der Waals surface area (Å²) in [7, 11) is 1.58. The summed E-state index contributed by atoms with van der Waals surface area (Å²) in [5, 5.41) is 9.33. The lowest BCUT2D eigenvalue weighted by atomic mass is 9.64. The fraction of sp³-hybridized carbons (Fsp3) is 0.643. The van der Waals surface area contributed by atoms with Gasteiger partial charge in [0.15, 0.2) is 0 Å². The molecule has 0 aromatic carbocycles. The van der Waals surface area contributed by atoms with Gasteiger partial charge in [0.1, 0.15) is 0 Å². The van der Waals surface area contributed by atoms with E-state index in [1.165, 1.54) is 0 Å². The molecule has 0 aromatic heterocycles. The molecule has 4 atom stereocenters. The van der Waals surface area contributed by atoms with Gasteiger partial charge in [0.05, 0.1) is 18.8 Å². The van der Waals surface area contributed by atoms with Crippen LogP contribution in [-0.2, 0) is 9.53 Å². The molecule has 2 aliphatic rings. The fourth-order valence-electron chi connectivity index (χ4n) is 3.27. The quantitative estimate of drug-likeness (QED) is 0.605. The second-order valence-electron chi connectivity index (χ2n) is 5.16. The van der Waals surface area contributed by atoms with Gasteiger partial charge in [-0.25, -0.2) is 0 Å². The van der Waals surface area contributed by atoms with Crippen LogP contribution in [0.5, 0.6) is 0 Å². The second kappa shape index (κ2) is 4.94. The van der Waals surface area contributed by atoms with Crippen LogP contribution >= 0.6 is 0 Å². The molecule has 3 nitrogen and oxygen atoms in total. The third-order valence-corrected chi connectivity index (χ3v) is 4.30. The van der Waals surface area contributed by atoms with Crippen molar-refractivity contribution in [2.45, 2.75) is 25.7 Å². The molecule has 17 heavy (non-hydrogen) atoms. The van der Waals surface area contributed by atoms with Crippen molar-refractivity contribution in [3.63, 3.8) is 0 Å². The van der Waals surface area contributed by atoms with Crippen molar-refractivity contribution in [3.8, 4) is 0 Å². The number of ether oxygens (including phenoxy) is 1. The lowest BCUT2D eigenvalue weighted by Crippen LogP contribution is -2.37. The fourth-order valence-corrected chi connectivity index (χ4v) is 3.27. The Balaban J connectivity index is 2.16. The number of methoxy groups -OCH3 is 1. The zero-order chi connectivity index (χ0) is 12.4. The van der Waals surface area contributed by atoms with Crippen LogP contribution in [-0.4, -0.2) is 18.2 Å². The Hall–Kier alpha value is -1.25. The highest BCUT2D eigenvalue weighted by atomic mass is 16.5. The SMILES string of the molecule is C=C(OC)C1CC2CC=CCC2CC1C(=O)O. The van der Waals surface area contributed by atoms with E-state index in [2.05, 4.69) is 18.7 Å². The first-order valence-electron chi connectivity index (χ1n) is 6.24. The van der Waals surface area contributed by atoms with Crippen molar-refractivity contribution < 1.29 is 14.6 Å². The third-order valence-electron chi connectivity index (χ3n) is 4.30. The number of hydrogen-bond acceptors (Lipinski definition) is 2. The van der Waals surface area contributed by atoms with Gasteiger partial charge in [-0.3, -0.25) is 4.79 Å². The van der Waals surface area contributed by atoms with Gasteiger partial charge in [-0.05, 0) is 37.5 Å². The average Bonchev–Trinajstić information content (AvgIpc) is 2.36. The largest absolute Gasteiger partial charge is 0.501 e. The maximum atomic E-state index is 11.3. The molecule has 1 fully saturated rings. The van der Waals surface area contributed by atoms with Crippen LogP contribution in [0.25, 0.3) is 0 Å². The lowest BCUT2D eigenvalue weighted by molar-refractivity contribution is -0.146. The molecule has 0 aliphatic heterocycles. The van der Waals surface area contributed by atoms with E-state index in [9.17, 15) is 9.90 Å². The molecule has 2 aliphatic carbocycles. The van der Waals surface area contributed by atoms with Crippen molar-refractivity contribution >= 4 is 5.97 Å². The Bertz CT molecular complexity index is 345. The van der Waals surface area contributed by atoms with Crippen LogP contribution in [0.3, 0.4) is 0 Å². The number of allylic oxidation sites excluding steroid dienone is 3. The summed E-state index contributed by atoms with van der Waals surface area (Å²) in [6.07, 6.45) is 8.17. The Morgan fingerprint density at radius 1 is 1.24 bits per heavy atom. The van der Waals surface area contributed by atoms with E-state index in [1.54, 1.807) is 7.11 Å². The van der Waals surface area contributed by atoms with Gasteiger partial charge in [0.25, 0.3) is 0 Å². The molecule has 0 amide bonds. The molecule has 0 spiro atoms. The summed E-state index contributed by atoms with van der Waals surface area (Å²) in [4.78, 5) is 11.3. The summed E-state index contributed by atoms with van der Waals surface area (Å²) in [6.45, 7) is 3.86. The van der Waals surface area contributed by atoms with Gasteiger partial charge < -0.3 is 9.84 Å². The van der Waals surface area contributed by atoms with Crippen molar-refractivity contribution in [1.29, 1.82) is 0 Å². The second-order valence-corrected chi connectivity index (χ2v) is 5.16.